The van der Waals surface area contributed by atoms with Gasteiger partial charge in [-0.15, -0.1) is 0 Å². The van der Waals surface area contributed by atoms with Gasteiger partial charge in [0.1, 0.15) is 5.82 Å². The molecule has 18 heavy (non-hydrogen) atoms. The summed E-state index contributed by atoms with van der Waals surface area (Å²) < 4.78 is 0. The van der Waals surface area contributed by atoms with Crippen molar-refractivity contribution in [2.75, 3.05) is 30.7 Å². The lowest BCUT2D eigenvalue weighted by molar-refractivity contribution is -0.131. The fraction of sp³-hybridized carbons (Fsp3) is 0.583. The molecular weight excluding hydrogens is 230 g/mol. The molecule has 0 atom stereocenters. The zero-order chi connectivity index (χ0) is 12.8. The van der Waals surface area contributed by atoms with Crippen molar-refractivity contribution in [3.63, 3.8) is 0 Å². The van der Waals surface area contributed by atoms with E-state index in [-0.39, 0.29) is 11.9 Å². The lowest BCUT2D eigenvalue weighted by atomic mass is 10.1. The molecule has 1 saturated heterocycles. The summed E-state index contributed by atoms with van der Waals surface area (Å²) in [4.78, 5) is 21.6. The first-order valence-electron chi connectivity index (χ1n) is 6.36. The molecule has 0 unspecified atom stereocenters. The minimum Gasteiger partial charge on any atom is -0.369 e. The van der Waals surface area contributed by atoms with Crippen LogP contribution in [-0.2, 0) is 4.79 Å². The zero-order valence-electron chi connectivity index (χ0n) is 10.4. The van der Waals surface area contributed by atoms with Gasteiger partial charge in [0.15, 0.2) is 0 Å². The molecule has 6 heteroatoms. The first-order valence-corrected chi connectivity index (χ1v) is 6.36. The predicted molar refractivity (Wildman–Crippen MR) is 70.0 cm³/mol. The van der Waals surface area contributed by atoms with Crippen LogP contribution in [0.2, 0.25) is 0 Å². The van der Waals surface area contributed by atoms with Crippen LogP contribution < -0.4 is 11.1 Å². The largest absolute Gasteiger partial charge is 0.369 e. The van der Waals surface area contributed by atoms with Crippen LogP contribution in [0.15, 0.2) is 12.3 Å². The molecule has 6 nitrogen and oxygen atoms in total. The van der Waals surface area contributed by atoms with E-state index in [0.29, 0.717) is 18.8 Å². The number of carbonyl (C=O) groups is 1. The van der Waals surface area contributed by atoms with Gasteiger partial charge in [-0.2, -0.15) is 4.98 Å². The Morgan fingerprint density at radius 2 is 2.17 bits per heavy atom. The summed E-state index contributed by atoms with van der Waals surface area (Å²) in [6.07, 6.45) is 5.58. The molecule has 0 aliphatic carbocycles. The van der Waals surface area contributed by atoms with E-state index in [4.69, 9.17) is 5.73 Å². The topological polar surface area (TPSA) is 84.1 Å². The molecular formula is C12H19N5O. The van der Waals surface area contributed by atoms with E-state index in [1.807, 2.05) is 4.90 Å². The second-order valence-electron chi connectivity index (χ2n) is 4.42. The Labute approximate surface area is 107 Å². The normalized spacial score (nSPS) is 15.4. The van der Waals surface area contributed by atoms with E-state index in [9.17, 15) is 4.79 Å². The highest BCUT2D eigenvalue weighted by Gasteiger charge is 2.15. The average Bonchev–Trinajstić information content (AvgIpc) is 2.40. The van der Waals surface area contributed by atoms with Crippen molar-refractivity contribution in [1.82, 2.24) is 14.9 Å². The van der Waals surface area contributed by atoms with E-state index in [1.165, 1.54) is 6.42 Å². The standard InChI is InChI=1S/C12H19N5O/c13-12-15-6-4-10(16-12)14-7-5-11(18)17-8-2-1-3-9-17/h4,6H,1-3,5,7-9H2,(H3,13,14,15,16). The quantitative estimate of drug-likeness (QED) is 0.827. The monoisotopic (exact) mass is 249 g/mol. The molecule has 1 amide bonds. The molecule has 1 aromatic rings. The van der Waals surface area contributed by atoms with Crippen molar-refractivity contribution in [1.29, 1.82) is 0 Å². The minimum absolute atomic E-state index is 0.212. The molecule has 98 valence electrons. The average molecular weight is 249 g/mol. The highest BCUT2D eigenvalue weighted by Crippen LogP contribution is 2.10. The maximum Gasteiger partial charge on any atom is 0.224 e. The number of nitrogens with one attached hydrogen (secondary N) is 1. The van der Waals surface area contributed by atoms with Gasteiger partial charge in [0.2, 0.25) is 11.9 Å². The molecule has 1 aliphatic rings. The first-order chi connectivity index (χ1) is 8.75. The third-order valence-corrected chi connectivity index (χ3v) is 3.03. The Balaban J connectivity index is 1.73. The highest BCUT2D eigenvalue weighted by molar-refractivity contribution is 5.76. The van der Waals surface area contributed by atoms with Crippen molar-refractivity contribution >= 4 is 17.7 Å². The molecule has 0 aromatic carbocycles. The number of nitrogens with zero attached hydrogens (tertiary/aromatic N) is 3. The Hall–Kier alpha value is -1.85. The summed E-state index contributed by atoms with van der Waals surface area (Å²) >= 11 is 0. The lowest BCUT2D eigenvalue weighted by Gasteiger charge is -2.26. The summed E-state index contributed by atoms with van der Waals surface area (Å²) in [5.41, 5.74) is 5.47. The van der Waals surface area contributed by atoms with E-state index in [2.05, 4.69) is 15.3 Å². The number of hydrogen-bond acceptors (Lipinski definition) is 5. The molecule has 2 heterocycles. The predicted octanol–water partition coefficient (Wildman–Crippen LogP) is 0.873. The maximum atomic E-state index is 11.9. The van der Waals surface area contributed by atoms with Crippen molar-refractivity contribution < 1.29 is 4.79 Å². The summed E-state index contributed by atoms with van der Waals surface area (Å²) in [6.45, 7) is 2.38. The number of nitrogens with two attached hydrogens (primary N) is 1. The number of rotatable bonds is 4. The van der Waals surface area contributed by atoms with Gasteiger partial charge >= 0.3 is 0 Å². The van der Waals surface area contributed by atoms with Crippen LogP contribution in [0.5, 0.6) is 0 Å². The second kappa shape index (κ2) is 6.18. The number of hydrogen-bond donors (Lipinski definition) is 2. The van der Waals surface area contributed by atoms with Gasteiger partial charge in [-0.1, -0.05) is 0 Å². The molecule has 0 bridgehead atoms. The summed E-state index contributed by atoms with van der Waals surface area (Å²) in [5.74, 6) is 1.11. The van der Waals surface area contributed by atoms with E-state index in [1.54, 1.807) is 12.3 Å². The van der Waals surface area contributed by atoms with E-state index < -0.39 is 0 Å². The van der Waals surface area contributed by atoms with Gasteiger partial charge in [0.05, 0.1) is 0 Å². The summed E-state index contributed by atoms with van der Waals surface area (Å²) in [7, 11) is 0. The Morgan fingerprint density at radius 3 is 2.89 bits per heavy atom. The molecule has 2 rings (SSSR count). The number of amides is 1. The zero-order valence-corrected chi connectivity index (χ0v) is 10.4. The molecule has 3 N–H and O–H groups in total. The van der Waals surface area contributed by atoms with Crippen LogP contribution in [0.4, 0.5) is 11.8 Å². The van der Waals surface area contributed by atoms with Crippen LogP contribution in [0, 0.1) is 0 Å². The van der Waals surface area contributed by atoms with E-state index in [0.717, 1.165) is 25.9 Å². The van der Waals surface area contributed by atoms with Crippen LogP contribution in [0.3, 0.4) is 0 Å². The van der Waals surface area contributed by atoms with Gasteiger partial charge in [-0.25, -0.2) is 4.98 Å². The Bertz CT molecular complexity index is 403. The van der Waals surface area contributed by atoms with Crippen molar-refractivity contribution in [3.05, 3.63) is 12.3 Å². The van der Waals surface area contributed by atoms with Crippen LogP contribution in [-0.4, -0.2) is 40.4 Å². The number of aromatic nitrogens is 2. The van der Waals surface area contributed by atoms with E-state index >= 15 is 0 Å². The Morgan fingerprint density at radius 1 is 1.39 bits per heavy atom. The smallest absolute Gasteiger partial charge is 0.224 e. The lowest BCUT2D eigenvalue weighted by Crippen LogP contribution is -2.36. The Kier molecular flexibility index (Phi) is 4.33. The number of likely N-dealkylation sites (tertiary alicyclic amines) is 1. The van der Waals surface area contributed by atoms with Crippen LogP contribution >= 0.6 is 0 Å². The molecule has 0 radical (unpaired) electrons. The van der Waals surface area contributed by atoms with Crippen molar-refractivity contribution in [2.45, 2.75) is 25.7 Å². The van der Waals surface area contributed by atoms with Crippen molar-refractivity contribution in [2.24, 2.45) is 0 Å². The molecule has 0 spiro atoms. The molecule has 0 saturated carbocycles. The van der Waals surface area contributed by atoms with Crippen molar-refractivity contribution in [3.8, 4) is 0 Å². The summed E-state index contributed by atoms with van der Waals surface area (Å²) in [5, 5.41) is 3.08. The second-order valence-corrected chi connectivity index (χ2v) is 4.42. The van der Waals surface area contributed by atoms with Crippen LogP contribution in [0.25, 0.3) is 0 Å². The highest BCUT2D eigenvalue weighted by atomic mass is 16.2. The van der Waals surface area contributed by atoms with Gasteiger partial charge < -0.3 is 16.0 Å². The fourth-order valence-corrected chi connectivity index (χ4v) is 2.07. The van der Waals surface area contributed by atoms with Gasteiger partial charge in [-0.3, -0.25) is 4.79 Å². The summed E-state index contributed by atoms with van der Waals surface area (Å²) in [6, 6.07) is 1.74. The minimum atomic E-state index is 0.212. The first kappa shape index (κ1) is 12.6. The third-order valence-electron chi connectivity index (χ3n) is 3.03. The number of nitrogen functional groups attached to an aromatic ring is 1. The van der Waals surface area contributed by atoms with Crippen LogP contribution in [0.1, 0.15) is 25.7 Å². The SMILES string of the molecule is Nc1nccc(NCCC(=O)N2CCCCC2)n1. The number of piperidine rings is 1. The maximum absolute atomic E-state index is 11.9. The number of anilines is 2. The number of carbonyl (C=O) groups excluding carboxylic acids is 1. The van der Waals surface area contributed by atoms with Gasteiger partial charge in [0, 0.05) is 32.3 Å². The van der Waals surface area contributed by atoms with Gasteiger partial charge in [0.25, 0.3) is 0 Å². The van der Waals surface area contributed by atoms with Gasteiger partial charge in [-0.05, 0) is 25.3 Å². The molecule has 1 fully saturated rings. The fourth-order valence-electron chi connectivity index (χ4n) is 2.07. The molecule has 1 aromatic heterocycles. The third kappa shape index (κ3) is 3.58. The molecule has 1 aliphatic heterocycles.